The van der Waals surface area contributed by atoms with Crippen molar-refractivity contribution in [3.05, 3.63) is 61.2 Å². The number of nitrogens with zero attached hydrogens (tertiary/aromatic N) is 7. The second-order valence-corrected chi connectivity index (χ2v) is 5.46. The van der Waals surface area contributed by atoms with Crippen LogP contribution in [0.4, 0.5) is 23.0 Å². The van der Waals surface area contributed by atoms with E-state index in [4.69, 9.17) is 0 Å². The third-order valence-corrected chi connectivity index (χ3v) is 3.45. The fourth-order valence-electron chi connectivity index (χ4n) is 2.16. The van der Waals surface area contributed by atoms with Gasteiger partial charge in [-0.05, 0) is 30.3 Å². The van der Waals surface area contributed by atoms with E-state index in [1.54, 1.807) is 0 Å². The van der Waals surface area contributed by atoms with E-state index < -0.39 is 0 Å². The zero-order valence-electron chi connectivity index (χ0n) is 13.9. The van der Waals surface area contributed by atoms with E-state index in [0.717, 1.165) is 23.0 Å². The fourth-order valence-corrected chi connectivity index (χ4v) is 2.16. The Balaban J connectivity index is 1.71. The highest BCUT2D eigenvalue weighted by atomic mass is 15.3. The van der Waals surface area contributed by atoms with Gasteiger partial charge in [0.25, 0.3) is 0 Å². The Morgan fingerprint density at radius 1 is 0.792 bits per heavy atom. The van der Waals surface area contributed by atoms with Gasteiger partial charge in [0, 0.05) is 11.2 Å². The summed E-state index contributed by atoms with van der Waals surface area (Å²) in [4.78, 5) is 0. The zero-order chi connectivity index (χ0) is 16.9. The first-order valence-corrected chi connectivity index (χ1v) is 7.51. The van der Waals surface area contributed by atoms with Gasteiger partial charge in [0.15, 0.2) is 12.4 Å². The van der Waals surface area contributed by atoms with Crippen molar-refractivity contribution in [3.8, 4) is 0 Å². The lowest BCUT2D eigenvalue weighted by molar-refractivity contribution is -0.670. The van der Waals surface area contributed by atoms with Crippen molar-refractivity contribution in [1.82, 2.24) is 4.57 Å². The molecular formula is C17H19N7+2. The van der Waals surface area contributed by atoms with E-state index in [0.29, 0.717) is 0 Å². The Bertz CT molecular complexity index is 872. The van der Waals surface area contributed by atoms with Gasteiger partial charge in [-0.1, -0.05) is 5.11 Å². The van der Waals surface area contributed by atoms with Crippen molar-refractivity contribution in [3.63, 3.8) is 0 Å². The molecule has 7 nitrogen and oxygen atoms in total. The van der Waals surface area contributed by atoms with Crippen molar-refractivity contribution in [2.75, 3.05) is 0 Å². The first-order chi connectivity index (χ1) is 11.6. The van der Waals surface area contributed by atoms with Gasteiger partial charge in [-0.15, -0.1) is 5.11 Å². The molecule has 2 heterocycles. The summed E-state index contributed by atoms with van der Waals surface area (Å²) < 4.78 is 5.75. The predicted octanol–water partition coefficient (Wildman–Crippen LogP) is 3.50. The average molecular weight is 321 g/mol. The SMILES string of the molecule is Cn1cc[n+](C)c1N=Nc1ccc(N=Nc2ccc[n+](C)c2)cc1. The maximum atomic E-state index is 4.26. The maximum absolute atomic E-state index is 4.26. The van der Waals surface area contributed by atoms with Crippen LogP contribution in [0.3, 0.4) is 0 Å². The largest absolute Gasteiger partial charge is 0.421 e. The first kappa shape index (κ1) is 15.7. The number of benzene rings is 1. The minimum Gasteiger partial charge on any atom is -0.233 e. The molecule has 7 heteroatoms. The lowest BCUT2D eigenvalue weighted by Gasteiger charge is -1.93. The third kappa shape index (κ3) is 3.75. The van der Waals surface area contributed by atoms with Crippen molar-refractivity contribution in [2.24, 2.45) is 41.6 Å². The normalized spacial score (nSPS) is 11.6. The van der Waals surface area contributed by atoms with Crippen LogP contribution in [0.2, 0.25) is 0 Å². The minimum absolute atomic E-state index is 0.765. The highest BCUT2D eigenvalue weighted by molar-refractivity contribution is 5.47. The van der Waals surface area contributed by atoms with Gasteiger partial charge in [0.1, 0.15) is 18.4 Å². The molecule has 0 saturated heterocycles. The molecule has 0 fully saturated rings. The summed E-state index contributed by atoms with van der Waals surface area (Å²) in [5.74, 6) is 0.774. The number of imidazole rings is 1. The molecule has 1 aromatic carbocycles. The number of aryl methyl sites for hydroxylation is 3. The molecule has 0 aliphatic rings. The van der Waals surface area contributed by atoms with Crippen LogP contribution in [-0.4, -0.2) is 4.57 Å². The van der Waals surface area contributed by atoms with Crippen molar-refractivity contribution in [2.45, 2.75) is 0 Å². The van der Waals surface area contributed by atoms with Crippen LogP contribution in [0.25, 0.3) is 0 Å². The molecule has 0 radical (unpaired) electrons. The lowest BCUT2D eigenvalue weighted by Crippen LogP contribution is -2.25. The molecule has 24 heavy (non-hydrogen) atoms. The van der Waals surface area contributed by atoms with Gasteiger partial charge in [-0.25, -0.2) is 13.7 Å². The summed E-state index contributed by atoms with van der Waals surface area (Å²) >= 11 is 0. The highest BCUT2D eigenvalue weighted by Gasteiger charge is 2.10. The number of hydrogen-bond acceptors (Lipinski definition) is 4. The number of azo groups is 2. The average Bonchev–Trinajstić information content (AvgIpc) is 2.90. The van der Waals surface area contributed by atoms with Crippen LogP contribution in [0, 0.1) is 0 Å². The van der Waals surface area contributed by atoms with E-state index in [9.17, 15) is 0 Å². The number of pyridine rings is 1. The van der Waals surface area contributed by atoms with E-state index in [1.165, 1.54) is 0 Å². The Morgan fingerprint density at radius 3 is 2.00 bits per heavy atom. The Kier molecular flexibility index (Phi) is 4.51. The van der Waals surface area contributed by atoms with E-state index in [1.807, 2.05) is 96.0 Å². The van der Waals surface area contributed by atoms with Crippen LogP contribution in [0.5, 0.6) is 0 Å². The Labute approximate surface area is 140 Å². The Hall–Kier alpha value is -3.22. The molecule has 0 saturated carbocycles. The monoisotopic (exact) mass is 321 g/mol. The van der Waals surface area contributed by atoms with Gasteiger partial charge >= 0.3 is 5.95 Å². The minimum atomic E-state index is 0.765. The predicted molar refractivity (Wildman–Crippen MR) is 89.0 cm³/mol. The zero-order valence-corrected chi connectivity index (χ0v) is 13.9. The van der Waals surface area contributed by atoms with Gasteiger partial charge < -0.3 is 0 Å². The van der Waals surface area contributed by atoms with Crippen LogP contribution < -0.4 is 9.13 Å². The summed E-state index contributed by atoms with van der Waals surface area (Å²) in [7, 11) is 5.81. The third-order valence-electron chi connectivity index (χ3n) is 3.45. The van der Waals surface area contributed by atoms with Crippen molar-refractivity contribution < 1.29 is 9.13 Å². The summed E-state index contributed by atoms with van der Waals surface area (Å²) in [6, 6.07) is 11.3. The van der Waals surface area contributed by atoms with Crippen LogP contribution >= 0.6 is 0 Å². The second kappa shape index (κ2) is 6.91. The van der Waals surface area contributed by atoms with Gasteiger partial charge in [-0.2, -0.15) is 5.11 Å². The molecule has 2 aromatic heterocycles. The van der Waals surface area contributed by atoms with Gasteiger partial charge in [0.2, 0.25) is 0 Å². The summed E-state index contributed by atoms with van der Waals surface area (Å²) in [5.41, 5.74) is 2.34. The molecule has 120 valence electrons. The standard InChI is InChI=1S/C17H19N7/c1-22-10-4-5-16(13-22)20-18-14-6-8-15(9-7-14)19-21-17-23(2)11-12-24(17)3/h4-13H,1-3H3/q+2. The summed E-state index contributed by atoms with van der Waals surface area (Å²) in [6.07, 6.45) is 7.72. The summed E-state index contributed by atoms with van der Waals surface area (Å²) in [6.45, 7) is 0. The quantitative estimate of drug-likeness (QED) is 0.521. The van der Waals surface area contributed by atoms with Crippen LogP contribution in [0.1, 0.15) is 0 Å². The highest BCUT2D eigenvalue weighted by Crippen LogP contribution is 2.22. The fraction of sp³-hybridized carbons (Fsp3) is 0.176. The van der Waals surface area contributed by atoms with Crippen LogP contribution in [0.15, 0.2) is 81.6 Å². The lowest BCUT2D eigenvalue weighted by atomic mass is 10.3. The number of aromatic nitrogens is 3. The summed E-state index contributed by atoms with van der Waals surface area (Å²) in [5, 5.41) is 17.0. The molecule has 0 atom stereocenters. The number of rotatable bonds is 4. The van der Waals surface area contributed by atoms with Crippen LogP contribution in [-0.2, 0) is 21.1 Å². The van der Waals surface area contributed by atoms with Gasteiger partial charge in [0.05, 0.1) is 32.2 Å². The molecule has 3 rings (SSSR count). The maximum Gasteiger partial charge on any atom is 0.421 e. The van der Waals surface area contributed by atoms with Crippen molar-refractivity contribution in [1.29, 1.82) is 0 Å². The molecule has 0 unspecified atom stereocenters. The van der Waals surface area contributed by atoms with E-state index in [-0.39, 0.29) is 0 Å². The second-order valence-electron chi connectivity index (χ2n) is 5.46. The molecule has 3 aromatic rings. The number of hydrogen-bond donors (Lipinski definition) is 0. The molecule has 0 bridgehead atoms. The molecule has 0 aliphatic heterocycles. The van der Waals surface area contributed by atoms with Crippen molar-refractivity contribution >= 4 is 23.0 Å². The smallest absolute Gasteiger partial charge is 0.233 e. The molecule has 0 amide bonds. The molecule has 0 N–H and O–H groups in total. The molecule has 0 aliphatic carbocycles. The van der Waals surface area contributed by atoms with E-state index in [2.05, 4.69) is 20.5 Å². The molecular weight excluding hydrogens is 302 g/mol. The first-order valence-electron chi connectivity index (χ1n) is 7.51. The van der Waals surface area contributed by atoms with Gasteiger partial charge in [-0.3, -0.25) is 0 Å². The molecule has 0 spiro atoms. The Morgan fingerprint density at radius 2 is 1.42 bits per heavy atom. The topological polar surface area (TPSA) is 62.1 Å². The van der Waals surface area contributed by atoms with E-state index >= 15 is 0 Å².